The Bertz CT molecular complexity index is 885. The molecule has 0 fully saturated rings. The van der Waals surface area contributed by atoms with Crippen LogP contribution in [0.3, 0.4) is 0 Å². The lowest BCUT2D eigenvalue weighted by atomic mass is 9.83. The van der Waals surface area contributed by atoms with Gasteiger partial charge < -0.3 is 15.2 Å². The van der Waals surface area contributed by atoms with E-state index in [1.165, 1.54) is 12.1 Å². The molecule has 24 heavy (non-hydrogen) atoms. The molecular weight excluding hydrogens is 310 g/mol. The van der Waals surface area contributed by atoms with Crippen LogP contribution in [0.15, 0.2) is 42.5 Å². The summed E-state index contributed by atoms with van der Waals surface area (Å²) < 4.78 is 0. The molecule has 1 aliphatic rings. The Balaban J connectivity index is 1.98. The maximum absolute atomic E-state index is 12.7. The number of benzene rings is 2. The van der Waals surface area contributed by atoms with Crippen LogP contribution in [0.2, 0.25) is 0 Å². The minimum Gasteiger partial charge on any atom is -0.550 e. The molecular formula is C18H12NO5-. The van der Waals surface area contributed by atoms with Crippen LogP contribution in [0.4, 0.5) is 5.69 Å². The summed E-state index contributed by atoms with van der Waals surface area (Å²) >= 11 is 0. The van der Waals surface area contributed by atoms with Crippen LogP contribution in [0.5, 0.6) is 0 Å². The van der Waals surface area contributed by atoms with Gasteiger partial charge in [-0.15, -0.1) is 0 Å². The topological polar surface area (TPSA) is 103 Å². The molecule has 0 saturated carbocycles. The number of amides is 1. The fourth-order valence-electron chi connectivity index (χ4n) is 2.68. The predicted octanol–water partition coefficient (Wildman–Crippen LogP) is 0.931. The molecule has 6 heteroatoms. The van der Waals surface area contributed by atoms with E-state index in [0.717, 1.165) is 0 Å². The summed E-state index contributed by atoms with van der Waals surface area (Å²) in [5, 5.41) is 12.9. The standard InChI is InChI=1S/C18H13NO5/c20-14(8-9-15(21)22)19-13-7-3-6-12-16(13)18(24)11-5-2-1-4-10(11)17(12)23/h1-7H,8-9H2,(H,19,20)(H,21,22)/p-1. The maximum atomic E-state index is 12.7. The van der Waals surface area contributed by atoms with Crippen molar-refractivity contribution in [2.75, 3.05) is 5.32 Å². The Morgan fingerprint density at radius 1 is 0.833 bits per heavy atom. The molecule has 2 aromatic carbocycles. The van der Waals surface area contributed by atoms with Crippen molar-refractivity contribution < 1.29 is 24.3 Å². The summed E-state index contributed by atoms with van der Waals surface area (Å²) in [7, 11) is 0. The zero-order valence-corrected chi connectivity index (χ0v) is 12.5. The van der Waals surface area contributed by atoms with Crippen molar-refractivity contribution in [2.24, 2.45) is 0 Å². The number of nitrogens with one attached hydrogen (secondary N) is 1. The minimum absolute atomic E-state index is 0.128. The van der Waals surface area contributed by atoms with Crippen molar-refractivity contribution in [3.8, 4) is 0 Å². The highest BCUT2D eigenvalue weighted by atomic mass is 16.4. The van der Waals surface area contributed by atoms with E-state index in [1.54, 1.807) is 30.3 Å². The van der Waals surface area contributed by atoms with Crippen LogP contribution >= 0.6 is 0 Å². The van der Waals surface area contributed by atoms with Gasteiger partial charge in [0.25, 0.3) is 0 Å². The molecule has 3 rings (SSSR count). The first-order valence-electron chi connectivity index (χ1n) is 7.30. The lowest BCUT2D eigenvalue weighted by Gasteiger charge is -2.20. The number of hydrogen-bond acceptors (Lipinski definition) is 5. The van der Waals surface area contributed by atoms with E-state index in [0.29, 0.717) is 5.56 Å². The Hall–Kier alpha value is -3.28. The van der Waals surface area contributed by atoms with Gasteiger partial charge in [-0.2, -0.15) is 0 Å². The van der Waals surface area contributed by atoms with Gasteiger partial charge in [-0.3, -0.25) is 14.4 Å². The molecule has 0 bridgehead atoms. The second-order valence-corrected chi connectivity index (χ2v) is 5.35. The average molecular weight is 322 g/mol. The van der Waals surface area contributed by atoms with Crippen molar-refractivity contribution in [1.82, 2.24) is 0 Å². The van der Waals surface area contributed by atoms with E-state index in [1.807, 2.05) is 0 Å². The van der Waals surface area contributed by atoms with E-state index in [-0.39, 0.29) is 40.4 Å². The number of anilines is 1. The second kappa shape index (κ2) is 6.08. The predicted molar refractivity (Wildman–Crippen MR) is 82.6 cm³/mol. The zero-order chi connectivity index (χ0) is 17.3. The molecule has 0 unspecified atom stereocenters. The fraction of sp³-hybridized carbons (Fsp3) is 0.111. The Kier molecular flexibility index (Phi) is 3.95. The van der Waals surface area contributed by atoms with Crippen molar-refractivity contribution in [2.45, 2.75) is 12.8 Å². The van der Waals surface area contributed by atoms with E-state index in [4.69, 9.17) is 0 Å². The van der Waals surface area contributed by atoms with Crippen LogP contribution in [0.25, 0.3) is 0 Å². The van der Waals surface area contributed by atoms with Gasteiger partial charge in [0.05, 0.1) is 11.3 Å². The van der Waals surface area contributed by atoms with Crippen molar-refractivity contribution >= 4 is 29.1 Å². The summed E-state index contributed by atoms with van der Waals surface area (Å²) in [5.74, 6) is -2.53. The van der Waals surface area contributed by atoms with Crippen molar-refractivity contribution in [1.29, 1.82) is 0 Å². The smallest absolute Gasteiger partial charge is 0.224 e. The second-order valence-electron chi connectivity index (χ2n) is 5.35. The number of ketones is 2. The van der Waals surface area contributed by atoms with Crippen LogP contribution < -0.4 is 10.4 Å². The number of carboxylic acids is 1. The molecule has 0 spiro atoms. The highest BCUT2D eigenvalue weighted by Crippen LogP contribution is 2.31. The quantitative estimate of drug-likeness (QED) is 0.769. The van der Waals surface area contributed by atoms with Gasteiger partial charge in [0.2, 0.25) is 5.91 Å². The summed E-state index contributed by atoms with van der Waals surface area (Å²) in [6.45, 7) is 0. The van der Waals surface area contributed by atoms with E-state index in [9.17, 15) is 24.3 Å². The van der Waals surface area contributed by atoms with Crippen LogP contribution in [0, 0.1) is 0 Å². The molecule has 0 aliphatic heterocycles. The molecule has 1 amide bonds. The fourth-order valence-corrected chi connectivity index (χ4v) is 2.68. The van der Waals surface area contributed by atoms with Crippen LogP contribution in [0.1, 0.15) is 44.7 Å². The average Bonchev–Trinajstić information content (AvgIpc) is 2.58. The first-order valence-corrected chi connectivity index (χ1v) is 7.30. The maximum Gasteiger partial charge on any atom is 0.224 e. The van der Waals surface area contributed by atoms with Gasteiger partial charge >= 0.3 is 0 Å². The number of aliphatic carboxylic acids is 1. The van der Waals surface area contributed by atoms with E-state index in [2.05, 4.69) is 5.32 Å². The van der Waals surface area contributed by atoms with E-state index < -0.39 is 18.3 Å². The van der Waals surface area contributed by atoms with Crippen molar-refractivity contribution in [3.05, 3.63) is 64.7 Å². The molecule has 0 atom stereocenters. The first-order chi connectivity index (χ1) is 11.5. The number of carbonyl (C=O) groups is 4. The number of carbonyl (C=O) groups excluding carboxylic acids is 4. The molecule has 0 heterocycles. The molecule has 0 aromatic heterocycles. The molecule has 120 valence electrons. The summed E-state index contributed by atoms with van der Waals surface area (Å²) in [6, 6.07) is 11.1. The lowest BCUT2D eigenvalue weighted by Crippen LogP contribution is -2.26. The Morgan fingerprint density at radius 2 is 1.46 bits per heavy atom. The van der Waals surface area contributed by atoms with E-state index >= 15 is 0 Å². The first kappa shape index (κ1) is 15.6. The molecule has 0 saturated heterocycles. The monoisotopic (exact) mass is 322 g/mol. The molecule has 2 aromatic rings. The van der Waals surface area contributed by atoms with Crippen LogP contribution in [-0.4, -0.2) is 23.4 Å². The normalized spacial score (nSPS) is 12.3. The number of carboxylic acid groups (broad SMARTS) is 1. The summed E-state index contributed by atoms with van der Waals surface area (Å²) in [5.41, 5.74) is 1.16. The van der Waals surface area contributed by atoms with Crippen LogP contribution in [-0.2, 0) is 9.59 Å². The SMILES string of the molecule is O=C([O-])CCC(=O)Nc1cccc2c1C(=O)c1ccccc1C2=O. The largest absolute Gasteiger partial charge is 0.550 e. The third kappa shape index (κ3) is 2.69. The number of fused-ring (bicyclic) bond motifs is 2. The van der Waals surface area contributed by atoms with Gasteiger partial charge in [0, 0.05) is 29.1 Å². The van der Waals surface area contributed by atoms with Gasteiger partial charge in [-0.1, -0.05) is 36.4 Å². The zero-order valence-electron chi connectivity index (χ0n) is 12.5. The third-order valence-electron chi connectivity index (χ3n) is 3.78. The van der Waals surface area contributed by atoms with Gasteiger partial charge in [-0.25, -0.2) is 0 Å². The summed E-state index contributed by atoms with van der Waals surface area (Å²) in [4.78, 5) is 47.5. The molecule has 1 N–H and O–H groups in total. The minimum atomic E-state index is -1.33. The highest BCUT2D eigenvalue weighted by molar-refractivity contribution is 6.30. The molecule has 1 aliphatic carbocycles. The number of hydrogen-bond donors (Lipinski definition) is 1. The lowest BCUT2D eigenvalue weighted by molar-refractivity contribution is -0.305. The van der Waals surface area contributed by atoms with Gasteiger partial charge in [0.15, 0.2) is 11.6 Å². The molecule has 6 nitrogen and oxygen atoms in total. The van der Waals surface area contributed by atoms with Gasteiger partial charge in [-0.05, 0) is 12.5 Å². The van der Waals surface area contributed by atoms with Crippen molar-refractivity contribution in [3.63, 3.8) is 0 Å². The Labute approximate surface area is 137 Å². The molecule has 0 radical (unpaired) electrons. The van der Waals surface area contributed by atoms with Gasteiger partial charge in [0.1, 0.15) is 0 Å². The highest BCUT2D eigenvalue weighted by Gasteiger charge is 2.31. The summed E-state index contributed by atoms with van der Waals surface area (Å²) in [6.07, 6.45) is -0.693. The number of rotatable bonds is 4. The third-order valence-corrected chi connectivity index (χ3v) is 3.78. The Morgan fingerprint density at radius 3 is 2.12 bits per heavy atom.